The van der Waals surface area contributed by atoms with Crippen molar-refractivity contribution in [3.8, 4) is 0 Å². The topological polar surface area (TPSA) is 43.8 Å². The second-order valence-corrected chi connectivity index (χ2v) is 5.80. The summed E-state index contributed by atoms with van der Waals surface area (Å²) in [5.74, 6) is 0.0597. The van der Waals surface area contributed by atoms with Crippen LogP contribution in [0.1, 0.15) is 37.9 Å². The molecule has 104 valence electrons. The molecule has 2 atom stereocenters. The number of hydrogen-bond donors (Lipinski definition) is 1. The van der Waals surface area contributed by atoms with Crippen LogP contribution in [-0.4, -0.2) is 33.8 Å². The Morgan fingerprint density at radius 2 is 1.79 bits per heavy atom. The predicted octanol–water partition coefficient (Wildman–Crippen LogP) is 2.57. The van der Waals surface area contributed by atoms with Crippen molar-refractivity contribution in [2.75, 3.05) is 7.05 Å². The van der Waals surface area contributed by atoms with Crippen LogP contribution >= 0.6 is 0 Å². The van der Waals surface area contributed by atoms with Gasteiger partial charge in [0.05, 0.1) is 0 Å². The maximum absolute atomic E-state index is 12.4. The van der Waals surface area contributed by atoms with Crippen molar-refractivity contribution in [3.05, 3.63) is 35.4 Å². The molecule has 0 unspecified atom stereocenters. The molecule has 2 rings (SSSR count). The van der Waals surface area contributed by atoms with Crippen LogP contribution in [0.4, 0.5) is 0 Å². The van der Waals surface area contributed by atoms with Crippen molar-refractivity contribution in [1.82, 2.24) is 9.96 Å². The van der Waals surface area contributed by atoms with Crippen molar-refractivity contribution >= 4 is 5.91 Å². The van der Waals surface area contributed by atoms with Crippen LogP contribution < -0.4 is 0 Å². The SMILES string of the molecule is Cc1ccc([C@@H]2C(=O)N(C)[C@@](C)(C(C)C)N2O)cc1. The van der Waals surface area contributed by atoms with Gasteiger partial charge in [-0.3, -0.25) is 4.79 Å². The molecule has 0 bridgehead atoms. The molecule has 4 nitrogen and oxygen atoms in total. The lowest BCUT2D eigenvalue weighted by Crippen LogP contribution is -2.52. The summed E-state index contributed by atoms with van der Waals surface area (Å²) in [4.78, 5) is 14.1. The standard InChI is InChI=1S/C15H22N2O2/c1-10(2)15(4)16(5)14(18)13(17(15)19)12-8-6-11(3)7-9-12/h6-10,13,19H,1-5H3/t13-,15-/m1/s1. The molecule has 1 amide bonds. The zero-order valence-corrected chi connectivity index (χ0v) is 12.2. The number of hydrogen-bond acceptors (Lipinski definition) is 3. The molecule has 0 aliphatic carbocycles. The number of nitrogens with zero attached hydrogens (tertiary/aromatic N) is 2. The van der Waals surface area contributed by atoms with E-state index in [9.17, 15) is 10.0 Å². The third-order valence-electron chi connectivity index (χ3n) is 4.44. The number of hydroxylamine groups is 2. The molecule has 0 saturated carbocycles. The second-order valence-electron chi connectivity index (χ2n) is 5.80. The average molecular weight is 262 g/mol. The predicted molar refractivity (Wildman–Crippen MR) is 73.6 cm³/mol. The van der Waals surface area contributed by atoms with Gasteiger partial charge in [0.25, 0.3) is 0 Å². The molecule has 0 radical (unpaired) electrons. The molecule has 0 aromatic heterocycles. The molecule has 1 aromatic rings. The first-order chi connectivity index (χ1) is 8.80. The Bertz CT molecular complexity index is 483. The van der Waals surface area contributed by atoms with Crippen LogP contribution in [0.2, 0.25) is 0 Å². The van der Waals surface area contributed by atoms with Crippen LogP contribution in [0.5, 0.6) is 0 Å². The number of amides is 1. The number of likely N-dealkylation sites (N-methyl/N-ethyl adjacent to an activating group) is 1. The third kappa shape index (κ3) is 1.95. The number of benzene rings is 1. The van der Waals surface area contributed by atoms with E-state index in [0.717, 1.165) is 11.1 Å². The van der Waals surface area contributed by atoms with Gasteiger partial charge in [0.2, 0.25) is 5.91 Å². The third-order valence-corrected chi connectivity index (χ3v) is 4.44. The van der Waals surface area contributed by atoms with Crippen LogP contribution in [0.25, 0.3) is 0 Å². The highest BCUT2D eigenvalue weighted by Gasteiger charge is 2.54. The minimum Gasteiger partial charge on any atom is -0.323 e. The van der Waals surface area contributed by atoms with E-state index in [-0.39, 0.29) is 11.8 Å². The van der Waals surface area contributed by atoms with Gasteiger partial charge in [0, 0.05) is 7.05 Å². The lowest BCUT2D eigenvalue weighted by molar-refractivity contribution is -0.210. The van der Waals surface area contributed by atoms with Gasteiger partial charge >= 0.3 is 0 Å². The van der Waals surface area contributed by atoms with E-state index in [1.54, 1.807) is 11.9 Å². The minimum atomic E-state index is -0.674. The zero-order valence-electron chi connectivity index (χ0n) is 12.2. The maximum atomic E-state index is 12.4. The number of rotatable bonds is 2. The van der Waals surface area contributed by atoms with E-state index < -0.39 is 11.7 Å². The van der Waals surface area contributed by atoms with Gasteiger partial charge in [0.1, 0.15) is 11.7 Å². The molecule has 19 heavy (non-hydrogen) atoms. The highest BCUT2D eigenvalue weighted by Crippen LogP contribution is 2.41. The van der Waals surface area contributed by atoms with E-state index in [4.69, 9.17) is 0 Å². The molecular weight excluding hydrogens is 240 g/mol. The highest BCUT2D eigenvalue weighted by atomic mass is 16.5. The first-order valence-electron chi connectivity index (χ1n) is 6.62. The van der Waals surface area contributed by atoms with E-state index in [1.807, 2.05) is 52.0 Å². The lowest BCUT2D eigenvalue weighted by Gasteiger charge is -2.39. The summed E-state index contributed by atoms with van der Waals surface area (Å²) in [6.07, 6.45) is 0. The van der Waals surface area contributed by atoms with Crippen LogP contribution in [0.15, 0.2) is 24.3 Å². The van der Waals surface area contributed by atoms with Crippen molar-refractivity contribution < 1.29 is 10.0 Å². The second kappa shape index (κ2) is 4.62. The Kier molecular flexibility index (Phi) is 3.41. The van der Waals surface area contributed by atoms with Gasteiger partial charge in [-0.2, -0.15) is 0 Å². The Balaban J connectivity index is 2.43. The zero-order chi connectivity index (χ0) is 14.4. The van der Waals surface area contributed by atoms with Crippen LogP contribution in [0.3, 0.4) is 0 Å². The number of carbonyl (C=O) groups is 1. The quantitative estimate of drug-likeness (QED) is 0.891. The summed E-state index contributed by atoms with van der Waals surface area (Å²) in [5.41, 5.74) is 1.29. The summed E-state index contributed by atoms with van der Waals surface area (Å²) in [5, 5.41) is 11.7. The molecule has 1 N–H and O–H groups in total. The van der Waals surface area contributed by atoms with Gasteiger partial charge in [-0.1, -0.05) is 43.7 Å². The molecule has 1 heterocycles. The van der Waals surface area contributed by atoms with Crippen molar-refractivity contribution in [3.63, 3.8) is 0 Å². The fourth-order valence-electron chi connectivity index (χ4n) is 2.61. The molecule has 1 aliphatic heterocycles. The smallest absolute Gasteiger partial charge is 0.248 e. The van der Waals surface area contributed by atoms with E-state index in [1.165, 1.54) is 5.06 Å². The summed E-state index contributed by atoms with van der Waals surface area (Å²) >= 11 is 0. The van der Waals surface area contributed by atoms with Crippen molar-refractivity contribution in [2.45, 2.75) is 39.4 Å². The molecule has 1 aliphatic rings. The summed E-state index contributed by atoms with van der Waals surface area (Å²) in [6.45, 7) is 7.90. The Labute approximate surface area is 114 Å². The Morgan fingerprint density at radius 3 is 2.21 bits per heavy atom. The normalized spacial score (nSPS) is 28.5. The molecule has 0 spiro atoms. The maximum Gasteiger partial charge on any atom is 0.248 e. The van der Waals surface area contributed by atoms with Gasteiger partial charge in [-0.25, -0.2) is 0 Å². The van der Waals surface area contributed by atoms with Gasteiger partial charge in [-0.15, -0.1) is 5.06 Å². The summed E-state index contributed by atoms with van der Waals surface area (Å²) in [6, 6.07) is 7.11. The molecule has 1 aromatic carbocycles. The van der Waals surface area contributed by atoms with Crippen LogP contribution in [0, 0.1) is 12.8 Å². The highest BCUT2D eigenvalue weighted by molar-refractivity contribution is 5.86. The summed E-state index contributed by atoms with van der Waals surface area (Å²) in [7, 11) is 1.75. The van der Waals surface area contributed by atoms with Gasteiger partial charge in [-0.05, 0) is 25.3 Å². The minimum absolute atomic E-state index is 0.0671. The fraction of sp³-hybridized carbons (Fsp3) is 0.533. The average Bonchev–Trinajstić information content (AvgIpc) is 2.54. The molecule has 4 heteroatoms. The molecule has 1 fully saturated rings. The van der Waals surface area contributed by atoms with E-state index >= 15 is 0 Å². The lowest BCUT2D eigenvalue weighted by atomic mass is 9.97. The monoisotopic (exact) mass is 262 g/mol. The number of carbonyl (C=O) groups excluding carboxylic acids is 1. The summed E-state index contributed by atoms with van der Waals surface area (Å²) < 4.78 is 0. The first kappa shape index (κ1) is 14.0. The largest absolute Gasteiger partial charge is 0.323 e. The van der Waals surface area contributed by atoms with Gasteiger partial charge in [0.15, 0.2) is 0 Å². The first-order valence-corrected chi connectivity index (χ1v) is 6.62. The van der Waals surface area contributed by atoms with Crippen LogP contribution in [-0.2, 0) is 4.79 Å². The fourth-order valence-corrected chi connectivity index (χ4v) is 2.61. The van der Waals surface area contributed by atoms with Crippen molar-refractivity contribution in [1.29, 1.82) is 0 Å². The Morgan fingerprint density at radius 1 is 1.26 bits per heavy atom. The Hall–Kier alpha value is -1.39. The molecule has 1 saturated heterocycles. The molecular formula is C15H22N2O2. The van der Waals surface area contributed by atoms with E-state index in [0.29, 0.717) is 0 Å². The van der Waals surface area contributed by atoms with Crippen molar-refractivity contribution in [2.24, 2.45) is 5.92 Å². The van der Waals surface area contributed by atoms with E-state index in [2.05, 4.69) is 0 Å². The number of aryl methyl sites for hydroxylation is 1. The van der Waals surface area contributed by atoms with Gasteiger partial charge < -0.3 is 10.1 Å².